The molecule has 0 spiro atoms. The molecule has 6 rings (SSSR count). The minimum Gasteiger partial charge on any atom is -0.480 e. The average Bonchev–Trinajstić information content (AvgIpc) is 3.53. The van der Waals surface area contributed by atoms with E-state index in [-0.39, 0.29) is 24.5 Å². The normalized spacial score (nSPS) is 20.7. The summed E-state index contributed by atoms with van der Waals surface area (Å²) in [7, 11) is 0. The first-order chi connectivity index (χ1) is 17.5. The molecule has 2 atom stereocenters. The number of amides is 3. The third kappa shape index (κ3) is 3.82. The number of aromatic nitrogens is 1. The van der Waals surface area contributed by atoms with Crippen LogP contribution >= 0.6 is 0 Å². The summed E-state index contributed by atoms with van der Waals surface area (Å²) in [4.78, 5) is 42.2. The standard InChI is InChI=1S/C28H28N4O4/c33-25(34)17-31-15-18-14-24-22(21-9-6-10-23(31)26(18)21)13-19(27(35)30-11-4-5-12-30)16-32(24)28(36)29-20-7-2-1-3-8-20/h1-3,6-10,13,15,19,24H,4-5,11-12,14,16-17H2,(H,29,36)(H,33,34)/t19-,24-/m1/s1. The quantitative estimate of drug-likeness (QED) is 0.589. The fourth-order valence-electron chi connectivity index (χ4n) is 5.96. The molecule has 3 amide bonds. The number of anilines is 1. The lowest BCUT2D eigenvalue weighted by atomic mass is 9.79. The van der Waals surface area contributed by atoms with Gasteiger partial charge in [-0.25, -0.2) is 4.79 Å². The van der Waals surface area contributed by atoms with Crippen molar-refractivity contribution in [2.24, 2.45) is 5.92 Å². The molecule has 3 aliphatic rings. The lowest BCUT2D eigenvalue weighted by Crippen LogP contribution is -2.52. The first-order valence-electron chi connectivity index (χ1n) is 12.5. The number of aliphatic carboxylic acids is 1. The van der Waals surface area contributed by atoms with Gasteiger partial charge in [0.1, 0.15) is 6.54 Å². The SMILES string of the molecule is O=C(O)Cn1cc2c3c(cccc31)C1=C[C@@H](C(=O)N3CCCC3)CN(C(=O)Nc3ccccc3)[C@@H]1C2. The van der Waals surface area contributed by atoms with Gasteiger partial charge >= 0.3 is 12.0 Å². The Kier molecular flexibility index (Phi) is 5.51. The topological polar surface area (TPSA) is 94.9 Å². The lowest BCUT2D eigenvalue weighted by Gasteiger charge is -2.42. The molecule has 184 valence electrons. The van der Waals surface area contributed by atoms with E-state index >= 15 is 0 Å². The Labute approximate surface area is 208 Å². The molecule has 3 aromatic rings. The summed E-state index contributed by atoms with van der Waals surface area (Å²) < 4.78 is 1.76. The number of para-hydroxylation sites is 1. The van der Waals surface area contributed by atoms with Crippen LogP contribution in [0.3, 0.4) is 0 Å². The second kappa shape index (κ2) is 8.86. The number of nitrogens with one attached hydrogen (secondary N) is 1. The maximum absolute atomic E-state index is 13.6. The molecule has 0 bridgehead atoms. The third-order valence-electron chi connectivity index (χ3n) is 7.54. The summed E-state index contributed by atoms with van der Waals surface area (Å²) >= 11 is 0. The van der Waals surface area contributed by atoms with Crippen LogP contribution in [-0.4, -0.2) is 63.1 Å². The van der Waals surface area contributed by atoms with Gasteiger partial charge in [-0.15, -0.1) is 0 Å². The summed E-state index contributed by atoms with van der Waals surface area (Å²) in [6.45, 7) is 1.70. The summed E-state index contributed by atoms with van der Waals surface area (Å²) in [5, 5.41) is 13.4. The van der Waals surface area contributed by atoms with Gasteiger partial charge in [-0.3, -0.25) is 9.59 Å². The Balaban J connectivity index is 1.43. The Hall–Kier alpha value is -4.07. The second-order valence-electron chi connectivity index (χ2n) is 9.81. The van der Waals surface area contributed by atoms with Gasteiger partial charge in [0, 0.05) is 42.4 Å². The van der Waals surface area contributed by atoms with E-state index in [1.54, 1.807) is 9.47 Å². The molecule has 8 nitrogen and oxygen atoms in total. The summed E-state index contributed by atoms with van der Waals surface area (Å²) in [6, 6.07) is 14.7. The van der Waals surface area contributed by atoms with Crippen molar-refractivity contribution in [3.63, 3.8) is 0 Å². The first-order valence-corrected chi connectivity index (χ1v) is 12.5. The zero-order valence-corrected chi connectivity index (χ0v) is 19.9. The maximum atomic E-state index is 13.6. The fraction of sp³-hybridized carbons (Fsp3) is 0.321. The molecule has 36 heavy (non-hydrogen) atoms. The molecule has 0 radical (unpaired) electrons. The second-order valence-corrected chi connectivity index (χ2v) is 9.81. The first kappa shape index (κ1) is 22.4. The van der Waals surface area contributed by atoms with Crippen molar-refractivity contribution in [1.29, 1.82) is 0 Å². The number of carboxylic acid groups (broad SMARTS) is 1. The molecule has 1 aromatic heterocycles. The highest BCUT2D eigenvalue weighted by atomic mass is 16.4. The highest BCUT2D eigenvalue weighted by Gasteiger charge is 2.41. The Morgan fingerprint density at radius 1 is 1.00 bits per heavy atom. The largest absolute Gasteiger partial charge is 0.480 e. The predicted molar refractivity (Wildman–Crippen MR) is 137 cm³/mol. The number of carbonyl (C=O) groups excluding carboxylic acids is 2. The van der Waals surface area contributed by atoms with Gasteiger partial charge in [0.25, 0.3) is 0 Å². The molecule has 0 saturated carbocycles. The summed E-state index contributed by atoms with van der Waals surface area (Å²) in [5.41, 5.74) is 4.52. The zero-order valence-electron chi connectivity index (χ0n) is 19.9. The molecule has 1 saturated heterocycles. The lowest BCUT2D eigenvalue weighted by molar-refractivity contribution is -0.137. The van der Waals surface area contributed by atoms with E-state index in [1.165, 1.54) is 0 Å². The van der Waals surface area contributed by atoms with Crippen molar-refractivity contribution in [2.75, 3.05) is 25.0 Å². The highest BCUT2D eigenvalue weighted by Crippen LogP contribution is 2.42. The van der Waals surface area contributed by atoms with Crippen molar-refractivity contribution in [3.8, 4) is 0 Å². The smallest absolute Gasteiger partial charge is 0.323 e. The number of hydrogen-bond donors (Lipinski definition) is 2. The van der Waals surface area contributed by atoms with Gasteiger partial charge < -0.3 is 24.8 Å². The van der Waals surface area contributed by atoms with Gasteiger partial charge in [0.15, 0.2) is 0 Å². The molecule has 1 aliphatic carbocycles. The molecule has 2 N–H and O–H groups in total. The van der Waals surface area contributed by atoms with Crippen LogP contribution in [0, 0.1) is 5.92 Å². The number of urea groups is 1. The molecule has 1 fully saturated rings. The van der Waals surface area contributed by atoms with Crippen molar-refractivity contribution < 1.29 is 19.5 Å². The highest BCUT2D eigenvalue weighted by molar-refractivity contribution is 6.02. The molecular formula is C28H28N4O4. The number of nitrogens with zero attached hydrogens (tertiary/aromatic N) is 3. The van der Waals surface area contributed by atoms with E-state index in [4.69, 9.17) is 0 Å². The number of carboxylic acids is 1. The van der Waals surface area contributed by atoms with Crippen molar-refractivity contribution in [1.82, 2.24) is 14.4 Å². The number of likely N-dealkylation sites (tertiary alicyclic amines) is 1. The van der Waals surface area contributed by atoms with Gasteiger partial charge in [-0.2, -0.15) is 0 Å². The van der Waals surface area contributed by atoms with Crippen LogP contribution in [0.4, 0.5) is 10.5 Å². The molecule has 8 heteroatoms. The molecule has 0 unspecified atom stereocenters. The van der Waals surface area contributed by atoms with Crippen LogP contribution in [0.5, 0.6) is 0 Å². The van der Waals surface area contributed by atoms with Crippen LogP contribution in [0.25, 0.3) is 16.5 Å². The Bertz CT molecular complexity index is 1390. The summed E-state index contributed by atoms with van der Waals surface area (Å²) in [5.74, 6) is -1.26. The third-order valence-corrected chi connectivity index (χ3v) is 7.54. The number of rotatable bonds is 4. The molecular weight excluding hydrogens is 456 g/mol. The monoisotopic (exact) mass is 484 g/mol. The predicted octanol–water partition coefficient (Wildman–Crippen LogP) is 3.82. The summed E-state index contributed by atoms with van der Waals surface area (Å²) in [6.07, 6.45) is 6.54. The Morgan fingerprint density at radius 3 is 2.53 bits per heavy atom. The zero-order chi connectivity index (χ0) is 24.8. The van der Waals surface area contributed by atoms with Crippen molar-refractivity contribution in [2.45, 2.75) is 31.8 Å². The van der Waals surface area contributed by atoms with E-state index in [0.29, 0.717) is 18.7 Å². The van der Waals surface area contributed by atoms with Crippen LogP contribution < -0.4 is 5.32 Å². The van der Waals surface area contributed by atoms with Gasteiger partial charge in [-0.05, 0) is 54.2 Å². The van der Waals surface area contributed by atoms with Crippen molar-refractivity contribution >= 4 is 40.1 Å². The van der Waals surface area contributed by atoms with Crippen LogP contribution in [0.2, 0.25) is 0 Å². The molecule has 2 aromatic carbocycles. The van der Waals surface area contributed by atoms with E-state index in [0.717, 1.165) is 53.5 Å². The molecule has 2 aliphatic heterocycles. The fourth-order valence-corrected chi connectivity index (χ4v) is 5.96. The van der Waals surface area contributed by atoms with Crippen molar-refractivity contribution in [3.05, 3.63) is 71.9 Å². The van der Waals surface area contributed by atoms with E-state index in [1.807, 2.05) is 59.6 Å². The van der Waals surface area contributed by atoms with Gasteiger partial charge in [0.05, 0.1) is 12.0 Å². The van der Waals surface area contributed by atoms with Crippen LogP contribution in [0.1, 0.15) is 24.0 Å². The average molecular weight is 485 g/mol. The minimum atomic E-state index is -0.903. The van der Waals surface area contributed by atoms with Crippen LogP contribution in [0.15, 0.2) is 60.8 Å². The number of carbonyl (C=O) groups is 3. The number of hydrogen-bond acceptors (Lipinski definition) is 3. The maximum Gasteiger partial charge on any atom is 0.323 e. The Morgan fingerprint density at radius 2 is 1.78 bits per heavy atom. The van der Waals surface area contributed by atoms with E-state index in [2.05, 4.69) is 11.4 Å². The minimum absolute atomic E-state index is 0.0670. The van der Waals surface area contributed by atoms with E-state index < -0.39 is 11.9 Å². The van der Waals surface area contributed by atoms with Crippen LogP contribution in [-0.2, 0) is 22.6 Å². The number of benzene rings is 2. The molecule has 3 heterocycles. The van der Waals surface area contributed by atoms with Gasteiger partial charge in [-0.1, -0.05) is 36.4 Å². The van der Waals surface area contributed by atoms with E-state index in [9.17, 15) is 19.5 Å². The number of fused-ring (bicyclic) bond motifs is 2. The van der Waals surface area contributed by atoms with Gasteiger partial charge in [0.2, 0.25) is 5.91 Å².